The van der Waals surface area contributed by atoms with Crippen LogP contribution in [0.15, 0.2) is 164 Å². The Hall–Kier alpha value is -6.01. The molecule has 234 valence electrons. The lowest BCUT2D eigenvalue weighted by atomic mass is 9.91. The molecule has 7 aromatic carbocycles. The fourth-order valence-corrected chi connectivity index (χ4v) is 9.13. The predicted molar refractivity (Wildman–Crippen MR) is 213 cm³/mol. The third-order valence-corrected chi connectivity index (χ3v) is 11.6. The Kier molecular flexibility index (Phi) is 6.86. The minimum atomic E-state index is 0.646. The molecule has 3 nitrogen and oxygen atoms in total. The summed E-state index contributed by atoms with van der Waals surface area (Å²) in [6.07, 6.45) is 0. The minimum Gasteiger partial charge on any atom is -0.208 e. The van der Waals surface area contributed by atoms with Gasteiger partial charge in [-0.15, -0.1) is 22.7 Å². The number of aromatic nitrogens is 3. The van der Waals surface area contributed by atoms with E-state index in [4.69, 9.17) is 15.0 Å². The summed E-state index contributed by atoms with van der Waals surface area (Å²) in [6, 6.07) is 58.1. The fraction of sp³-hybridized carbons (Fsp3) is 0. The number of nitrogens with zero attached hydrogens (tertiary/aromatic N) is 3. The monoisotopic (exact) mass is 673 g/mol. The van der Waals surface area contributed by atoms with Gasteiger partial charge in [0.15, 0.2) is 17.5 Å². The second kappa shape index (κ2) is 11.8. The first kappa shape index (κ1) is 29.0. The zero-order chi connectivity index (χ0) is 33.0. The fourth-order valence-electron chi connectivity index (χ4n) is 6.90. The Bertz CT molecular complexity index is 2810. The smallest absolute Gasteiger partial charge is 0.164 e. The highest BCUT2D eigenvalue weighted by atomic mass is 32.1. The van der Waals surface area contributed by atoms with E-state index < -0.39 is 0 Å². The van der Waals surface area contributed by atoms with Crippen LogP contribution in [0, 0.1) is 0 Å². The second-order valence-corrected chi connectivity index (χ2v) is 14.6. The van der Waals surface area contributed by atoms with Crippen molar-refractivity contribution < 1.29 is 0 Å². The predicted octanol–water partition coefficient (Wildman–Crippen LogP) is 12.9. The highest BCUT2D eigenvalue weighted by Crippen LogP contribution is 2.42. The summed E-state index contributed by atoms with van der Waals surface area (Å²) in [5.41, 5.74) is 7.52. The summed E-state index contributed by atoms with van der Waals surface area (Å²) in [5, 5.41) is 5.17. The molecule has 3 heterocycles. The van der Waals surface area contributed by atoms with Crippen molar-refractivity contribution in [3.05, 3.63) is 164 Å². The molecule has 0 unspecified atom stereocenters. The van der Waals surface area contributed by atoms with Crippen LogP contribution in [0.4, 0.5) is 0 Å². The first-order valence-electron chi connectivity index (χ1n) is 16.6. The summed E-state index contributed by atoms with van der Waals surface area (Å²) in [5.74, 6) is 1.95. The lowest BCUT2D eigenvalue weighted by Crippen LogP contribution is -2.00. The average molecular weight is 674 g/mol. The molecule has 0 radical (unpaired) electrons. The van der Waals surface area contributed by atoms with E-state index >= 15 is 0 Å². The maximum absolute atomic E-state index is 5.07. The molecule has 0 spiro atoms. The Balaban J connectivity index is 1.20. The van der Waals surface area contributed by atoms with Gasteiger partial charge in [0.2, 0.25) is 0 Å². The van der Waals surface area contributed by atoms with Crippen LogP contribution in [0.2, 0.25) is 0 Å². The van der Waals surface area contributed by atoms with Crippen LogP contribution in [0.5, 0.6) is 0 Å². The van der Waals surface area contributed by atoms with Crippen molar-refractivity contribution in [2.75, 3.05) is 0 Å². The van der Waals surface area contributed by atoms with Crippen LogP contribution >= 0.6 is 22.7 Å². The van der Waals surface area contributed by atoms with E-state index in [1.54, 1.807) is 0 Å². The Morgan fingerprint density at radius 2 is 0.760 bits per heavy atom. The first-order chi connectivity index (χ1) is 24.7. The van der Waals surface area contributed by atoms with Gasteiger partial charge in [-0.25, -0.2) is 15.0 Å². The van der Waals surface area contributed by atoms with E-state index in [-0.39, 0.29) is 0 Å². The number of fused-ring (bicyclic) bond motifs is 6. The summed E-state index contributed by atoms with van der Waals surface area (Å²) >= 11 is 3.69. The van der Waals surface area contributed by atoms with Gasteiger partial charge in [0, 0.05) is 57.0 Å². The molecule has 3 aromatic heterocycles. The van der Waals surface area contributed by atoms with Crippen LogP contribution in [-0.4, -0.2) is 15.0 Å². The summed E-state index contributed by atoms with van der Waals surface area (Å²) in [4.78, 5) is 15.1. The van der Waals surface area contributed by atoms with Gasteiger partial charge in [0.05, 0.1) is 0 Å². The van der Waals surface area contributed by atoms with Crippen LogP contribution in [0.1, 0.15) is 0 Å². The molecule has 50 heavy (non-hydrogen) atoms. The SMILES string of the molecule is c1ccc(-c2nc(-c3ccccc3)nc(-c3ccc(-c4ccc5c(c4)sc4ccccc45)c(-c4ccc5sc6ccccc6c5c4)c3)n2)cc1. The average Bonchev–Trinajstić information content (AvgIpc) is 3.76. The second-order valence-electron chi connectivity index (χ2n) is 12.4. The van der Waals surface area contributed by atoms with E-state index in [0.29, 0.717) is 17.5 Å². The normalized spacial score (nSPS) is 11.6. The third kappa shape index (κ3) is 4.98. The van der Waals surface area contributed by atoms with Gasteiger partial charge < -0.3 is 0 Å². The van der Waals surface area contributed by atoms with Crippen molar-refractivity contribution in [2.24, 2.45) is 0 Å². The van der Waals surface area contributed by atoms with Crippen molar-refractivity contribution in [2.45, 2.75) is 0 Å². The minimum absolute atomic E-state index is 0.646. The lowest BCUT2D eigenvalue weighted by molar-refractivity contribution is 1.07. The Morgan fingerprint density at radius 3 is 1.44 bits per heavy atom. The van der Waals surface area contributed by atoms with Crippen molar-refractivity contribution in [3.8, 4) is 56.4 Å². The van der Waals surface area contributed by atoms with Crippen LogP contribution < -0.4 is 0 Å². The molecule has 0 aliphatic heterocycles. The number of thiophene rings is 2. The molecule has 0 aliphatic rings. The van der Waals surface area contributed by atoms with Gasteiger partial charge in [-0.05, 0) is 58.7 Å². The Labute approximate surface area is 296 Å². The number of hydrogen-bond donors (Lipinski definition) is 0. The molecular weight excluding hydrogens is 647 g/mol. The summed E-state index contributed by atoms with van der Waals surface area (Å²) in [7, 11) is 0. The molecule has 5 heteroatoms. The largest absolute Gasteiger partial charge is 0.208 e. The van der Waals surface area contributed by atoms with Gasteiger partial charge in [-0.1, -0.05) is 127 Å². The molecule has 0 bridgehead atoms. The number of rotatable bonds is 5. The maximum Gasteiger partial charge on any atom is 0.164 e. The Morgan fingerprint density at radius 1 is 0.280 bits per heavy atom. The molecular formula is C45H27N3S2. The number of benzene rings is 7. The van der Waals surface area contributed by atoms with Gasteiger partial charge in [0.1, 0.15) is 0 Å². The molecule has 10 rings (SSSR count). The summed E-state index contributed by atoms with van der Waals surface area (Å²) < 4.78 is 5.19. The van der Waals surface area contributed by atoms with Gasteiger partial charge in [-0.2, -0.15) is 0 Å². The van der Waals surface area contributed by atoms with Crippen LogP contribution in [0.3, 0.4) is 0 Å². The molecule has 0 saturated heterocycles. The van der Waals surface area contributed by atoms with Gasteiger partial charge in [-0.3, -0.25) is 0 Å². The number of hydrogen-bond acceptors (Lipinski definition) is 5. The van der Waals surface area contributed by atoms with Crippen molar-refractivity contribution in [1.82, 2.24) is 15.0 Å². The quantitative estimate of drug-likeness (QED) is 0.182. The van der Waals surface area contributed by atoms with E-state index in [1.807, 2.05) is 83.3 Å². The summed E-state index contributed by atoms with van der Waals surface area (Å²) in [6.45, 7) is 0. The lowest BCUT2D eigenvalue weighted by Gasteiger charge is -2.14. The van der Waals surface area contributed by atoms with Gasteiger partial charge in [0.25, 0.3) is 0 Å². The molecule has 0 atom stereocenters. The first-order valence-corrected chi connectivity index (χ1v) is 18.2. The molecule has 0 aliphatic carbocycles. The topological polar surface area (TPSA) is 38.7 Å². The zero-order valence-electron chi connectivity index (χ0n) is 26.7. The zero-order valence-corrected chi connectivity index (χ0v) is 28.4. The third-order valence-electron chi connectivity index (χ3n) is 9.35. The molecule has 0 fully saturated rings. The molecule has 10 aromatic rings. The van der Waals surface area contributed by atoms with E-state index in [1.165, 1.54) is 51.5 Å². The molecule has 0 saturated carbocycles. The molecule has 0 N–H and O–H groups in total. The van der Waals surface area contributed by atoms with E-state index in [2.05, 4.69) is 103 Å². The van der Waals surface area contributed by atoms with Crippen molar-refractivity contribution >= 4 is 63.0 Å². The molecule has 0 amide bonds. The van der Waals surface area contributed by atoms with Crippen molar-refractivity contribution in [1.29, 1.82) is 0 Å². The standard InChI is InChI=1S/C45H27N3S2/c1-3-11-28(12-4-1)43-46-44(29-13-5-2-6-14-29)48-45(47-43)32-20-22-33(31-19-23-36-34-15-7-9-17-39(34)50-42(36)27-31)37(26-32)30-21-24-41-38(25-30)35-16-8-10-18-40(35)49-41/h1-27H. The highest BCUT2D eigenvalue weighted by molar-refractivity contribution is 7.26. The van der Waals surface area contributed by atoms with Gasteiger partial charge >= 0.3 is 0 Å². The van der Waals surface area contributed by atoms with Crippen LogP contribution in [-0.2, 0) is 0 Å². The van der Waals surface area contributed by atoms with Crippen LogP contribution in [0.25, 0.3) is 96.8 Å². The van der Waals surface area contributed by atoms with E-state index in [9.17, 15) is 0 Å². The highest BCUT2D eigenvalue weighted by Gasteiger charge is 2.17. The van der Waals surface area contributed by atoms with Crippen molar-refractivity contribution in [3.63, 3.8) is 0 Å². The maximum atomic E-state index is 5.07. The van der Waals surface area contributed by atoms with E-state index in [0.717, 1.165) is 27.8 Å².